The summed E-state index contributed by atoms with van der Waals surface area (Å²) in [4.78, 5) is 34.9. The molecule has 0 radical (unpaired) electrons. The lowest BCUT2D eigenvalue weighted by Gasteiger charge is -2.14. The van der Waals surface area contributed by atoms with Crippen LogP contribution in [0.1, 0.15) is 47.5 Å². The maximum atomic E-state index is 11.3. The predicted octanol–water partition coefficient (Wildman–Crippen LogP) is 2.39. The van der Waals surface area contributed by atoms with Crippen molar-refractivity contribution in [2.75, 3.05) is 27.2 Å². The molecule has 0 saturated carbocycles. The highest BCUT2D eigenvalue weighted by molar-refractivity contribution is 5.87. The molecule has 6 heteroatoms. The average molecular weight is 342 g/mol. The zero-order chi connectivity index (χ0) is 19.3. The van der Waals surface area contributed by atoms with Gasteiger partial charge in [-0.05, 0) is 19.8 Å². The second kappa shape index (κ2) is 13.6. The lowest BCUT2D eigenvalue weighted by Crippen LogP contribution is -2.32. The van der Waals surface area contributed by atoms with Gasteiger partial charge in [-0.25, -0.2) is 4.79 Å². The van der Waals surface area contributed by atoms with E-state index in [1.165, 1.54) is 0 Å². The van der Waals surface area contributed by atoms with Crippen LogP contribution in [0.4, 0.5) is 0 Å². The van der Waals surface area contributed by atoms with Gasteiger partial charge in [0.25, 0.3) is 0 Å². The van der Waals surface area contributed by atoms with E-state index >= 15 is 0 Å². The zero-order valence-corrected chi connectivity index (χ0v) is 16.3. The minimum Gasteiger partial charge on any atom is -0.460 e. The van der Waals surface area contributed by atoms with Crippen molar-refractivity contribution >= 4 is 17.8 Å². The van der Waals surface area contributed by atoms with Crippen LogP contribution in [0.5, 0.6) is 0 Å². The molecule has 0 saturated heterocycles. The van der Waals surface area contributed by atoms with Crippen molar-refractivity contribution in [3.05, 3.63) is 12.2 Å². The molecule has 6 nitrogen and oxygen atoms in total. The van der Waals surface area contributed by atoms with Gasteiger partial charge in [-0.3, -0.25) is 9.59 Å². The normalized spacial score (nSPS) is 12.1. The van der Waals surface area contributed by atoms with Crippen LogP contribution in [0.15, 0.2) is 12.2 Å². The highest BCUT2D eigenvalue weighted by Gasteiger charge is 2.11. The van der Waals surface area contributed by atoms with Gasteiger partial charge in [0.05, 0.1) is 6.54 Å². The van der Waals surface area contributed by atoms with Gasteiger partial charge in [-0.15, -0.1) is 0 Å². The summed E-state index contributed by atoms with van der Waals surface area (Å²) in [7, 11) is 3.57. The van der Waals surface area contributed by atoms with Crippen molar-refractivity contribution in [3.8, 4) is 0 Å². The van der Waals surface area contributed by atoms with Crippen LogP contribution in [0.2, 0.25) is 0 Å². The number of esters is 1. The van der Waals surface area contributed by atoms with E-state index in [-0.39, 0.29) is 30.3 Å². The third-order valence-electron chi connectivity index (χ3n) is 3.52. The minimum absolute atomic E-state index is 0.00171. The highest BCUT2D eigenvalue weighted by Crippen LogP contribution is 2.02. The van der Waals surface area contributed by atoms with Gasteiger partial charge in [-0.2, -0.15) is 0 Å². The Morgan fingerprint density at radius 3 is 1.92 bits per heavy atom. The van der Waals surface area contributed by atoms with Crippen molar-refractivity contribution < 1.29 is 19.1 Å². The number of hydrogen-bond donors (Lipinski definition) is 1. The summed E-state index contributed by atoms with van der Waals surface area (Å²) in [6.45, 7) is 13.3. The van der Waals surface area contributed by atoms with Gasteiger partial charge in [0.2, 0.25) is 11.8 Å². The van der Waals surface area contributed by atoms with Gasteiger partial charge in [0.1, 0.15) is 6.61 Å². The van der Waals surface area contributed by atoms with Crippen LogP contribution < -0.4 is 5.32 Å². The summed E-state index contributed by atoms with van der Waals surface area (Å²) >= 11 is 0. The number of rotatable bonds is 8. The molecule has 0 heterocycles. The molecule has 2 unspecified atom stereocenters. The molecule has 2 amide bonds. The lowest BCUT2D eigenvalue weighted by atomic mass is 10.1. The molecule has 0 spiro atoms. The number of nitrogens with one attached hydrogen (secondary N) is 1. The Bertz CT molecular complexity index is 419. The Labute approximate surface area is 146 Å². The fraction of sp³-hybridized carbons (Fsp3) is 0.722. The van der Waals surface area contributed by atoms with Crippen LogP contribution in [-0.2, 0) is 19.1 Å². The molecule has 0 aliphatic carbocycles. The maximum Gasteiger partial charge on any atom is 0.333 e. The minimum atomic E-state index is -0.423. The van der Waals surface area contributed by atoms with E-state index < -0.39 is 5.97 Å². The molecule has 0 aromatic rings. The lowest BCUT2D eigenvalue weighted by molar-refractivity contribution is -0.139. The smallest absolute Gasteiger partial charge is 0.333 e. The number of nitrogens with zero attached hydrogens (tertiary/aromatic N) is 1. The summed E-state index contributed by atoms with van der Waals surface area (Å²) in [6, 6.07) is 0. The van der Waals surface area contributed by atoms with Crippen LogP contribution in [0.3, 0.4) is 0 Å². The molecule has 0 aromatic heterocycles. The number of hydrogen-bond acceptors (Lipinski definition) is 4. The first-order valence-electron chi connectivity index (χ1n) is 8.39. The fourth-order valence-corrected chi connectivity index (χ4v) is 1.42. The highest BCUT2D eigenvalue weighted by atomic mass is 16.5. The Morgan fingerprint density at radius 1 is 1.08 bits per heavy atom. The number of amides is 2. The topological polar surface area (TPSA) is 75.7 Å². The molecular weight excluding hydrogens is 308 g/mol. The molecular formula is C18H34N2O4. The molecule has 0 fully saturated rings. The van der Waals surface area contributed by atoms with Crippen LogP contribution >= 0.6 is 0 Å². The average Bonchev–Trinajstić information content (AvgIpc) is 2.56. The second-order valence-corrected chi connectivity index (χ2v) is 6.06. The summed E-state index contributed by atoms with van der Waals surface area (Å²) in [5, 5.41) is 2.68. The summed E-state index contributed by atoms with van der Waals surface area (Å²) in [5.41, 5.74) is 0.364. The van der Waals surface area contributed by atoms with Gasteiger partial charge >= 0.3 is 5.97 Å². The zero-order valence-electron chi connectivity index (χ0n) is 16.3. The summed E-state index contributed by atoms with van der Waals surface area (Å²) in [6.07, 6.45) is 1.73. The SMILES string of the molecule is C=C(C)C(=O)OCCNC(=O)C(C)CC.CCC(C)C(=O)N(C)C. The van der Waals surface area contributed by atoms with E-state index in [1.807, 2.05) is 27.7 Å². The molecule has 0 aliphatic rings. The molecule has 0 rings (SSSR count). The molecule has 1 N–H and O–H groups in total. The van der Waals surface area contributed by atoms with E-state index in [9.17, 15) is 14.4 Å². The number of carbonyl (C=O) groups is 3. The van der Waals surface area contributed by atoms with Gasteiger partial charge in [0.15, 0.2) is 0 Å². The molecule has 140 valence electrons. The summed E-state index contributed by atoms with van der Waals surface area (Å²) in [5.74, 6) is -0.0315. The number of carbonyl (C=O) groups excluding carboxylic acids is 3. The largest absolute Gasteiger partial charge is 0.460 e. The van der Waals surface area contributed by atoms with Crippen molar-refractivity contribution in [2.24, 2.45) is 11.8 Å². The van der Waals surface area contributed by atoms with E-state index in [0.29, 0.717) is 12.1 Å². The van der Waals surface area contributed by atoms with E-state index in [2.05, 4.69) is 11.9 Å². The van der Waals surface area contributed by atoms with Crippen LogP contribution in [0.25, 0.3) is 0 Å². The molecule has 0 aliphatic heterocycles. The first-order valence-corrected chi connectivity index (χ1v) is 8.39. The van der Waals surface area contributed by atoms with E-state index in [0.717, 1.165) is 12.8 Å². The molecule has 2 atom stereocenters. The third kappa shape index (κ3) is 11.7. The standard InChI is InChI=1S/C11H19NO3.C7H15NO/c1-5-9(4)10(13)12-6-7-15-11(14)8(2)3;1-5-6(2)7(9)8(3)4/h9H,2,5-7H2,1,3-4H3,(H,12,13);6H,5H2,1-4H3. The second-order valence-electron chi connectivity index (χ2n) is 6.06. The molecule has 24 heavy (non-hydrogen) atoms. The molecule has 0 aromatic carbocycles. The fourth-order valence-electron chi connectivity index (χ4n) is 1.42. The quantitative estimate of drug-likeness (QED) is 0.417. The van der Waals surface area contributed by atoms with Crippen LogP contribution in [-0.4, -0.2) is 49.9 Å². The maximum absolute atomic E-state index is 11.3. The van der Waals surface area contributed by atoms with Gasteiger partial charge in [0, 0.05) is 31.5 Å². The summed E-state index contributed by atoms with van der Waals surface area (Å²) < 4.78 is 4.81. The van der Waals surface area contributed by atoms with Crippen molar-refractivity contribution in [1.82, 2.24) is 10.2 Å². The van der Waals surface area contributed by atoms with E-state index in [4.69, 9.17) is 4.74 Å². The van der Waals surface area contributed by atoms with Crippen molar-refractivity contribution in [1.29, 1.82) is 0 Å². The first-order chi connectivity index (χ1) is 11.1. The third-order valence-corrected chi connectivity index (χ3v) is 3.52. The van der Waals surface area contributed by atoms with Crippen LogP contribution in [0, 0.1) is 11.8 Å². The Kier molecular flexibility index (Phi) is 13.8. The van der Waals surface area contributed by atoms with Gasteiger partial charge in [-0.1, -0.05) is 34.3 Å². The predicted molar refractivity (Wildman–Crippen MR) is 96.4 cm³/mol. The Balaban J connectivity index is 0. The van der Waals surface area contributed by atoms with Gasteiger partial charge < -0.3 is 15.0 Å². The monoisotopic (exact) mass is 342 g/mol. The Hall–Kier alpha value is -1.85. The van der Waals surface area contributed by atoms with E-state index in [1.54, 1.807) is 25.9 Å². The van der Waals surface area contributed by atoms with Crippen molar-refractivity contribution in [3.63, 3.8) is 0 Å². The number of ether oxygens (including phenoxy) is 1. The van der Waals surface area contributed by atoms with Crippen molar-refractivity contribution in [2.45, 2.75) is 47.5 Å². The molecule has 0 bridgehead atoms. The first kappa shape index (κ1) is 24.4. The Morgan fingerprint density at radius 2 is 1.58 bits per heavy atom.